The standard InChI is InChI=1S/C17H26ClNO3S/c1-3-23-13(2)10-14-11-16(20)15(17(21)12-14)6-4-8-19-22-9-5-7-18/h4-5,7-8,13-15,19H,3,6,9-12H2,1-2H3. The van der Waals surface area contributed by atoms with Gasteiger partial charge in [-0.1, -0.05) is 31.5 Å². The highest BCUT2D eigenvalue weighted by Gasteiger charge is 2.34. The van der Waals surface area contributed by atoms with Gasteiger partial charge in [-0.3, -0.25) is 19.9 Å². The van der Waals surface area contributed by atoms with Crippen molar-refractivity contribution in [3.8, 4) is 0 Å². The Hall–Kier alpha value is -0.780. The van der Waals surface area contributed by atoms with Gasteiger partial charge >= 0.3 is 0 Å². The average Bonchev–Trinajstić information content (AvgIpc) is 2.48. The minimum atomic E-state index is -0.485. The lowest BCUT2D eigenvalue weighted by Crippen LogP contribution is -2.34. The zero-order chi connectivity index (χ0) is 17.1. The molecule has 0 amide bonds. The fourth-order valence-corrected chi connectivity index (χ4v) is 3.84. The smallest absolute Gasteiger partial charge is 0.143 e. The average molecular weight is 360 g/mol. The number of rotatable bonds is 10. The number of allylic oxidation sites excluding steroid dienone is 1. The fraction of sp³-hybridized carbons (Fsp3) is 0.647. The molecule has 0 aromatic carbocycles. The van der Waals surface area contributed by atoms with Crippen LogP contribution in [0.25, 0.3) is 0 Å². The number of hydrogen-bond acceptors (Lipinski definition) is 5. The van der Waals surface area contributed by atoms with Crippen molar-refractivity contribution in [3.05, 3.63) is 23.9 Å². The van der Waals surface area contributed by atoms with Crippen LogP contribution in [-0.2, 0) is 14.4 Å². The Balaban J connectivity index is 2.35. The van der Waals surface area contributed by atoms with Gasteiger partial charge in [0.2, 0.25) is 0 Å². The molecule has 6 heteroatoms. The summed E-state index contributed by atoms with van der Waals surface area (Å²) >= 11 is 7.24. The summed E-state index contributed by atoms with van der Waals surface area (Å²) in [5.74, 6) is 0.958. The molecule has 1 aliphatic rings. The second-order valence-electron chi connectivity index (χ2n) is 5.69. The highest BCUT2D eigenvalue weighted by atomic mass is 35.5. The molecule has 0 heterocycles. The summed E-state index contributed by atoms with van der Waals surface area (Å²) in [6.45, 7) is 4.65. The Morgan fingerprint density at radius 1 is 1.35 bits per heavy atom. The minimum absolute atomic E-state index is 0.0793. The van der Waals surface area contributed by atoms with Crippen molar-refractivity contribution in [2.24, 2.45) is 11.8 Å². The van der Waals surface area contributed by atoms with Crippen LogP contribution < -0.4 is 5.48 Å². The van der Waals surface area contributed by atoms with Crippen LogP contribution in [0, 0.1) is 11.8 Å². The Labute approximate surface area is 148 Å². The van der Waals surface area contributed by atoms with E-state index in [1.165, 1.54) is 5.54 Å². The van der Waals surface area contributed by atoms with E-state index in [1.54, 1.807) is 18.4 Å². The first-order valence-electron chi connectivity index (χ1n) is 8.03. The predicted molar refractivity (Wildman–Crippen MR) is 96.3 cm³/mol. The van der Waals surface area contributed by atoms with Gasteiger partial charge in [0.15, 0.2) is 0 Å². The molecule has 0 bridgehead atoms. The first-order chi connectivity index (χ1) is 11.1. The molecular weight excluding hydrogens is 334 g/mol. The van der Waals surface area contributed by atoms with Crippen LogP contribution >= 0.6 is 23.4 Å². The Kier molecular flexibility index (Phi) is 10.3. The van der Waals surface area contributed by atoms with Crippen molar-refractivity contribution in [1.82, 2.24) is 5.48 Å². The molecule has 4 nitrogen and oxygen atoms in total. The van der Waals surface area contributed by atoms with Gasteiger partial charge in [-0.2, -0.15) is 11.8 Å². The summed E-state index contributed by atoms with van der Waals surface area (Å²) in [5.41, 5.74) is 4.00. The van der Waals surface area contributed by atoms with Crippen LogP contribution in [0.2, 0.25) is 0 Å². The van der Waals surface area contributed by atoms with E-state index in [1.807, 2.05) is 11.8 Å². The van der Waals surface area contributed by atoms with Crippen molar-refractivity contribution in [3.63, 3.8) is 0 Å². The maximum absolute atomic E-state index is 12.2. The van der Waals surface area contributed by atoms with Gasteiger partial charge in [-0.25, -0.2) is 0 Å². The van der Waals surface area contributed by atoms with Crippen LogP contribution in [0.1, 0.15) is 39.5 Å². The highest BCUT2D eigenvalue weighted by Crippen LogP contribution is 2.31. The summed E-state index contributed by atoms with van der Waals surface area (Å²) in [4.78, 5) is 29.5. The third-order valence-electron chi connectivity index (χ3n) is 3.78. The number of carbonyl (C=O) groups is 2. The lowest BCUT2D eigenvalue weighted by molar-refractivity contribution is -0.137. The number of carbonyl (C=O) groups excluding carboxylic acids is 2. The summed E-state index contributed by atoms with van der Waals surface area (Å²) in [6, 6.07) is 0. The van der Waals surface area contributed by atoms with Crippen LogP contribution in [0.15, 0.2) is 23.9 Å². The lowest BCUT2D eigenvalue weighted by atomic mass is 9.77. The second kappa shape index (κ2) is 11.7. The third kappa shape index (κ3) is 8.04. The van der Waals surface area contributed by atoms with Gasteiger partial charge in [0.05, 0.1) is 12.5 Å². The quantitative estimate of drug-likeness (QED) is 0.364. The van der Waals surface area contributed by atoms with E-state index in [-0.39, 0.29) is 17.5 Å². The zero-order valence-corrected chi connectivity index (χ0v) is 15.4. The summed E-state index contributed by atoms with van der Waals surface area (Å²) in [7, 11) is 0. The number of halogens is 1. The van der Waals surface area contributed by atoms with E-state index in [0.29, 0.717) is 31.1 Å². The molecule has 1 rings (SSSR count). The molecule has 0 saturated heterocycles. The van der Waals surface area contributed by atoms with Gasteiger partial charge in [-0.05, 0) is 30.6 Å². The Morgan fingerprint density at radius 3 is 2.65 bits per heavy atom. The van der Waals surface area contributed by atoms with E-state index in [9.17, 15) is 9.59 Å². The normalized spacial score (nSPS) is 23.8. The number of hydroxylamine groups is 1. The molecule has 1 saturated carbocycles. The summed E-state index contributed by atoms with van der Waals surface area (Å²) in [5, 5.41) is 0.505. The van der Waals surface area contributed by atoms with Crippen LogP contribution in [-0.4, -0.2) is 29.2 Å². The molecule has 0 aliphatic heterocycles. The first-order valence-corrected chi connectivity index (χ1v) is 9.51. The molecule has 1 aliphatic carbocycles. The maximum atomic E-state index is 12.2. The van der Waals surface area contributed by atoms with Crippen LogP contribution in [0.3, 0.4) is 0 Å². The largest absolute Gasteiger partial charge is 0.299 e. The van der Waals surface area contributed by atoms with Crippen molar-refractivity contribution < 1.29 is 14.4 Å². The monoisotopic (exact) mass is 359 g/mol. The van der Waals surface area contributed by atoms with Gasteiger partial charge in [0.1, 0.15) is 11.6 Å². The Morgan fingerprint density at radius 2 is 2.04 bits per heavy atom. The third-order valence-corrected chi connectivity index (χ3v) is 5.06. The topological polar surface area (TPSA) is 55.4 Å². The molecule has 1 atom stereocenters. The fourth-order valence-electron chi connectivity index (χ4n) is 2.79. The number of hydrogen-bond donors (Lipinski definition) is 1. The molecular formula is C17H26ClNO3S. The number of nitrogens with one attached hydrogen (secondary N) is 1. The summed E-state index contributed by atoms with van der Waals surface area (Å²) in [6.07, 6.45) is 7.46. The molecule has 0 aromatic heterocycles. The molecule has 130 valence electrons. The second-order valence-corrected chi connectivity index (χ2v) is 7.66. The van der Waals surface area contributed by atoms with Crippen LogP contribution in [0.4, 0.5) is 0 Å². The maximum Gasteiger partial charge on any atom is 0.143 e. The van der Waals surface area contributed by atoms with Crippen molar-refractivity contribution in [1.29, 1.82) is 0 Å². The predicted octanol–water partition coefficient (Wildman–Crippen LogP) is 3.86. The van der Waals surface area contributed by atoms with Crippen molar-refractivity contribution >= 4 is 34.9 Å². The number of Topliss-reactive ketones (excluding diaryl/α,β-unsaturated/α-hetero) is 2. The molecule has 1 N–H and O–H groups in total. The van der Waals surface area contributed by atoms with Gasteiger partial charge in [-0.15, -0.1) is 0 Å². The number of thioether (sulfide) groups is 1. The molecule has 1 unspecified atom stereocenters. The van der Waals surface area contributed by atoms with Crippen LogP contribution in [0.5, 0.6) is 0 Å². The van der Waals surface area contributed by atoms with Gasteiger partial charge < -0.3 is 0 Å². The van der Waals surface area contributed by atoms with Gasteiger partial charge in [0.25, 0.3) is 0 Å². The molecule has 0 aromatic rings. The first kappa shape index (κ1) is 20.3. The van der Waals surface area contributed by atoms with E-state index < -0.39 is 5.92 Å². The van der Waals surface area contributed by atoms with Crippen molar-refractivity contribution in [2.75, 3.05) is 12.4 Å². The molecule has 0 radical (unpaired) electrons. The van der Waals surface area contributed by atoms with E-state index in [4.69, 9.17) is 16.4 Å². The van der Waals surface area contributed by atoms with E-state index >= 15 is 0 Å². The molecule has 0 spiro atoms. The zero-order valence-electron chi connectivity index (χ0n) is 13.8. The summed E-state index contributed by atoms with van der Waals surface area (Å²) < 4.78 is 0. The van der Waals surface area contributed by atoms with Gasteiger partial charge in [0, 0.05) is 29.8 Å². The molecule has 1 fully saturated rings. The number of ketones is 2. The minimum Gasteiger partial charge on any atom is -0.299 e. The highest BCUT2D eigenvalue weighted by molar-refractivity contribution is 7.99. The Bertz CT molecular complexity index is 422. The van der Waals surface area contributed by atoms with E-state index in [2.05, 4.69) is 19.3 Å². The SMILES string of the molecule is CCSC(C)CC1CC(=O)C(CC=CNOCC=CCl)C(=O)C1. The molecule has 23 heavy (non-hydrogen) atoms. The lowest BCUT2D eigenvalue weighted by Gasteiger charge is -2.27. The van der Waals surface area contributed by atoms with Crippen molar-refractivity contribution in [2.45, 2.75) is 44.8 Å². The van der Waals surface area contributed by atoms with E-state index in [0.717, 1.165) is 12.2 Å².